The van der Waals surface area contributed by atoms with Crippen LogP contribution in [-0.4, -0.2) is 31.0 Å². The summed E-state index contributed by atoms with van der Waals surface area (Å²) in [6, 6.07) is 10.4. The molecule has 0 heterocycles. The summed E-state index contributed by atoms with van der Waals surface area (Å²) < 4.78 is 27.9. The normalized spacial score (nSPS) is 11.2. The third-order valence-electron chi connectivity index (χ3n) is 4.37. The number of anilines is 1. The maximum absolute atomic E-state index is 13.4. The second kappa shape index (κ2) is 8.83. The van der Waals surface area contributed by atoms with Crippen LogP contribution in [0.2, 0.25) is 0 Å². The van der Waals surface area contributed by atoms with Gasteiger partial charge in [0.1, 0.15) is 0 Å². The lowest BCUT2D eigenvalue weighted by molar-refractivity contribution is -0.387. The number of para-hydroxylation sites is 2. The number of aliphatic carboxylic acids is 1. The van der Waals surface area contributed by atoms with Crippen LogP contribution in [0.25, 0.3) is 0 Å². The van der Waals surface area contributed by atoms with Gasteiger partial charge in [0, 0.05) is 12.6 Å². The van der Waals surface area contributed by atoms with E-state index in [0.29, 0.717) is 18.5 Å². The minimum Gasteiger partial charge on any atom is -0.481 e. The Morgan fingerprint density at radius 1 is 1.07 bits per heavy atom. The van der Waals surface area contributed by atoms with Gasteiger partial charge in [-0.1, -0.05) is 44.2 Å². The molecule has 28 heavy (non-hydrogen) atoms. The van der Waals surface area contributed by atoms with Crippen LogP contribution in [0.4, 0.5) is 11.4 Å². The zero-order valence-electron chi connectivity index (χ0n) is 15.7. The van der Waals surface area contributed by atoms with E-state index >= 15 is 0 Å². The summed E-state index contributed by atoms with van der Waals surface area (Å²) in [4.78, 5) is 21.3. The quantitative estimate of drug-likeness (QED) is 0.504. The van der Waals surface area contributed by atoms with Crippen LogP contribution in [0.15, 0.2) is 47.4 Å². The number of carboxylic acids is 1. The van der Waals surface area contributed by atoms with E-state index < -0.39 is 37.9 Å². The standard InChI is InChI=1S/C19H22N2O6S/c1-3-14-8-7-9-15(4-2)19(14)20(13-12-18(22)23)28(26,27)17-11-6-5-10-16(17)21(24)25/h5-11H,3-4,12-13H2,1-2H3,(H,22,23). The van der Waals surface area contributed by atoms with Crippen molar-refractivity contribution in [2.75, 3.05) is 10.8 Å². The number of sulfonamides is 1. The zero-order valence-corrected chi connectivity index (χ0v) is 16.5. The average molecular weight is 406 g/mol. The fraction of sp³-hybridized carbons (Fsp3) is 0.316. The van der Waals surface area contributed by atoms with Crippen LogP contribution in [0.5, 0.6) is 0 Å². The Kier molecular flexibility index (Phi) is 6.74. The highest BCUT2D eigenvalue weighted by Crippen LogP contribution is 2.34. The van der Waals surface area contributed by atoms with Gasteiger partial charge >= 0.3 is 5.97 Å². The number of carboxylic acid groups (broad SMARTS) is 1. The number of nitro groups is 1. The SMILES string of the molecule is CCc1cccc(CC)c1N(CCC(=O)O)S(=O)(=O)c1ccccc1[N+](=O)[O-]. The monoisotopic (exact) mass is 406 g/mol. The molecule has 2 aromatic carbocycles. The third kappa shape index (κ3) is 4.30. The van der Waals surface area contributed by atoms with E-state index in [1.807, 2.05) is 19.9 Å². The summed E-state index contributed by atoms with van der Waals surface area (Å²) in [5.74, 6) is -1.16. The number of hydrogen-bond donors (Lipinski definition) is 1. The average Bonchev–Trinajstić information content (AvgIpc) is 2.67. The molecule has 0 saturated heterocycles. The molecule has 0 amide bonds. The number of rotatable bonds is 9. The van der Waals surface area contributed by atoms with E-state index in [-0.39, 0.29) is 6.54 Å². The highest BCUT2D eigenvalue weighted by atomic mass is 32.2. The third-order valence-corrected chi connectivity index (χ3v) is 6.22. The smallest absolute Gasteiger partial charge is 0.305 e. The van der Waals surface area contributed by atoms with E-state index in [1.54, 1.807) is 12.1 Å². The predicted octanol–water partition coefficient (Wildman–Crippen LogP) is 3.39. The van der Waals surface area contributed by atoms with Gasteiger partial charge in [0.2, 0.25) is 0 Å². The summed E-state index contributed by atoms with van der Waals surface area (Å²) in [6.45, 7) is 3.41. The Balaban J connectivity index is 2.75. The molecule has 0 radical (unpaired) electrons. The first-order chi connectivity index (χ1) is 13.2. The lowest BCUT2D eigenvalue weighted by Gasteiger charge is -2.28. The van der Waals surface area contributed by atoms with Crippen molar-refractivity contribution in [3.63, 3.8) is 0 Å². The van der Waals surface area contributed by atoms with E-state index in [4.69, 9.17) is 5.11 Å². The first-order valence-corrected chi connectivity index (χ1v) is 10.3. The molecule has 8 nitrogen and oxygen atoms in total. The Bertz CT molecular complexity index is 965. The second-order valence-electron chi connectivity index (χ2n) is 6.08. The Morgan fingerprint density at radius 3 is 2.14 bits per heavy atom. The van der Waals surface area contributed by atoms with Crippen LogP contribution in [0.1, 0.15) is 31.4 Å². The molecule has 0 aliphatic heterocycles. The van der Waals surface area contributed by atoms with Gasteiger partial charge < -0.3 is 5.11 Å². The van der Waals surface area contributed by atoms with Crippen molar-refractivity contribution in [2.45, 2.75) is 38.0 Å². The van der Waals surface area contributed by atoms with Crippen molar-refractivity contribution in [2.24, 2.45) is 0 Å². The van der Waals surface area contributed by atoms with Crippen molar-refractivity contribution in [1.82, 2.24) is 0 Å². The summed E-state index contributed by atoms with van der Waals surface area (Å²) >= 11 is 0. The number of benzene rings is 2. The topological polar surface area (TPSA) is 118 Å². The molecule has 0 aliphatic rings. The zero-order chi connectivity index (χ0) is 20.9. The van der Waals surface area contributed by atoms with Crippen molar-refractivity contribution in [3.8, 4) is 0 Å². The van der Waals surface area contributed by atoms with Gasteiger partial charge in [-0.05, 0) is 30.0 Å². The van der Waals surface area contributed by atoms with Crippen LogP contribution in [0, 0.1) is 10.1 Å². The minimum atomic E-state index is -4.36. The Morgan fingerprint density at radius 2 is 1.64 bits per heavy atom. The highest BCUT2D eigenvalue weighted by molar-refractivity contribution is 7.93. The molecule has 0 aliphatic carbocycles. The fourth-order valence-corrected chi connectivity index (χ4v) is 4.73. The molecule has 0 bridgehead atoms. The maximum Gasteiger partial charge on any atom is 0.305 e. The summed E-state index contributed by atoms with van der Waals surface area (Å²) in [5.41, 5.74) is 1.31. The first-order valence-electron chi connectivity index (χ1n) is 8.82. The largest absolute Gasteiger partial charge is 0.481 e. The van der Waals surface area contributed by atoms with Crippen LogP contribution >= 0.6 is 0 Å². The molecule has 2 aromatic rings. The molecule has 0 saturated carbocycles. The molecule has 9 heteroatoms. The fourth-order valence-electron chi connectivity index (χ4n) is 3.03. The lowest BCUT2D eigenvalue weighted by atomic mass is 10.0. The van der Waals surface area contributed by atoms with E-state index in [1.165, 1.54) is 18.2 Å². The summed E-state index contributed by atoms with van der Waals surface area (Å²) in [7, 11) is -4.36. The van der Waals surface area contributed by atoms with E-state index in [9.17, 15) is 23.3 Å². The molecule has 0 aromatic heterocycles. The Labute approximate surface area is 163 Å². The van der Waals surface area contributed by atoms with Gasteiger partial charge in [0.25, 0.3) is 15.7 Å². The van der Waals surface area contributed by atoms with Crippen molar-refractivity contribution >= 4 is 27.4 Å². The van der Waals surface area contributed by atoms with Crippen molar-refractivity contribution in [3.05, 3.63) is 63.7 Å². The molecular formula is C19H22N2O6S. The molecule has 0 spiro atoms. The highest BCUT2D eigenvalue weighted by Gasteiger charge is 2.33. The molecule has 1 N–H and O–H groups in total. The number of nitrogens with zero attached hydrogens (tertiary/aromatic N) is 2. The summed E-state index contributed by atoms with van der Waals surface area (Å²) in [5, 5.41) is 20.5. The van der Waals surface area contributed by atoms with Crippen LogP contribution in [0.3, 0.4) is 0 Å². The minimum absolute atomic E-state index is 0.326. The first kappa shape index (κ1) is 21.4. The van der Waals surface area contributed by atoms with E-state index in [0.717, 1.165) is 21.5 Å². The Hall–Kier alpha value is -2.94. The van der Waals surface area contributed by atoms with Gasteiger partial charge in [0.15, 0.2) is 4.90 Å². The van der Waals surface area contributed by atoms with Gasteiger partial charge in [-0.25, -0.2) is 8.42 Å². The van der Waals surface area contributed by atoms with Crippen LogP contribution < -0.4 is 4.31 Å². The summed E-state index contributed by atoms with van der Waals surface area (Å²) in [6.07, 6.45) is 0.624. The molecule has 150 valence electrons. The number of aryl methyl sites for hydroxylation is 2. The van der Waals surface area contributed by atoms with Gasteiger partial charge in [-0.15, -0.1) is 0 Å². The predicted molar refractivity (Wildman–Crippen MR) is 105 cm³/mol. The van der Waals surface area contributed by atoms with Crippen molar-refractivity contribution < 1.29 is 23.2 Å². The molecule has 2 rings (SSSR count). The molecule has 0 atom stereocenters. The van der Waals surface area contributed by atoms with E-state index in [2.05, 4.69) is 0 Å². The second-order valence-corrected chi connectivity index (χ2v) is 7.91. The molecule has 0 fully saturated rings. The van der Waals surface area contributed by atoms with Crippen LogP contribution in [-0.2, 0) is 27.7 Å². The van der Waals surface area contributed by atoms with Gasteiger partial charge in [0.05, 0.1) is 17.0 Å². The maximum atomic E-state index is 13.4. The number of hydrogen-bond acceptors (Lipinski definition) is 5. The van der Waals surface area contributed by atoms with Crippen molar-refractivity contribution in [1.29, 1.82) is 0 Å². The van der Waals surface area contributed by atoms with Gasteiger partial charge in [-0.2, -0.15) is 0 Å². The molecule has 0 unspecified atom stereocenters. The molecular weight excluding hydrogens is 384 g/mol. The number of carbonyl (C=O) groups is 1. The van der Waals surface area contributed by atoms with Gasteiger partial charge in [-0.3, -0.25) is 19.2 Å². The lowest BCUT2D eigenvalue weighted by Crippen LogP contribution is -2.35. The number of nitro benzene ring substituents is 1.